The molecule has 0 spiro atoms. The molecule has 0 saturated heterocycles. The fourth-order valence-corrected chi connectivity index (χ4v) is 2.15. The van der Waals surface area contributed by atoms with Crippen LogP contribution in [0.3, 0.4) is 0 Å². The van der Waals surface area contributed by atoms with Crippen molar-refractivity contribution in [2.75, 3.05) is 19.0 Å². The number of ether oxygens (including phenoxy) is 1. The molecule has 1 aromatic heterocycles. The first-order valence-corrected chi connectivity index (χ1v) is 7.54. The number of hydrogen-bond acceptors (Lipinski definition) is 5. The van der Waals surface area contributed by atoms with Crippen LogP contribution in [0.15, 0.2) is 35.1 Å². The van der Waals surface area contributed by atoms with Gasteiger partial charge >= 0.3 is 6.18 Å². The summed E-state index contributed by atoms with van der Waals surface area (Å²) in [5.41, 5.74) is 4.09. The van der Waals surface area contributed by atoms with Crippen molar-refractivity contribution < 1.29 is 22.7 Å². The second-order valence-electron chi connectivity index (χ2n) is 5.35. The lowest BCUT2D eigenvalue weighted by atomic mass is 10.1. The number of aromatic nitrogens is 2. The summed E-state index contributed by atoms with van der Waals surface area (Å²) in [6.07, 6.45) is -4.57. The SMILES string of the molecule is COCCn1nc(C(=O)Nc2cc(CN)cc(C(F)(F)F)c2)ccc1=O. The lowest BCUT2D eigenvalue weighted by Crippen LogP contribution is -2.27. The predicted octanol–water partition coefficient (Wildman–Crippen LogP) is 1.62. The molecule has 26 heavy (non-hydrogen) atoms. The van der Waals surface area contributed by atoms with E-state index in [1.165, 1.54) is 19.2 Å². The zero-order valence-electron chi connectivity index (χ0n) is 13.8. The number of benzene rings is 1. The van der Waals surface area contributed by atoms with Crippen LogP contribution in [0.5, 0.6) is 0 Å². The molecule has 1 aromatic carbocycles. The average Bonchev–Trinajstić information content (AvgIpc) is 2.59. The molecule has 1 heterocycles. The van der Waals surface area contributed by atoms with E-state index in [1.54, 1.807) is 0 Å². The van der Waals surface area contributed by atoms with Crippen LogP contribution in [0.25, 0.3) is 0 Å². The number of nitrogens with two attached hydrogens (primary N) is 1. The Labute approximate surface area is 146 Å². The van der Waals surface area contributed by atoms with Crippen LogP contribution in [0.4, 0.5) is 18.9 Å². The number of alkyl halides is 3. The monoisotopic (exact) mass is 370 g/mol. The summed E-state index contributed by atoms with van der Waals surface area (Å²) >= 11 is 0. The minimum atomic E-state index is -4.57. The minimum absolute atomic E-state index is 0.0679. The van der Waals surface area contributed by atoms with E-state index in [0.29, 0.717) is 0 Å². The topological polar surface area (TPSA) is 99.2 Å². The molecule has 0 aliphatic rings. The van der Waals surface area contributed by atoms with Crippen molar-refractivity contribution in [1.29, 1.82) is 0 Å². The van der Waals surface area contributed by atoms with E-state index in [2.05, 4.69) is 10.4 Å². The Hall–Kier alpha value is -2.72. The van der Waals surface area contributed by atoms with Gasteiger partial charge in [-0.25, -0.2) is 4.68 Å². The van der Waals surface area contributed by atoms with Gasteiger partial charge in [-0.3, -0.25) is 9.59 Å². The van der Waals surface area contributed by atoms with Crippen LogP contribution in [-0.2, 0) is 24.0 Å². The van der Waals surface area contributed by atoms with Crippen molar-refractivity contribution in [3.8, 4) is 0 Å². The van der Waals surface area contributed by atoms with Crippen molar-refractivity contribution in [3.05, 3.63) is 57.5 Å². The van der Waals surface area contributed by atoms with Gasteiger partial charge in [-0.15, -0.1) is 0 Å². The molecule has 0 aliphatic carbocycles. The number of hydrogen-bond donors (Lipinski definition) is 2. The largest absolute Gasteiger partial charge is 0.416 e. The highest BCUT2D eigenvalue weighted by molar-refractivity contribution is 6.02. The van der Waals surface area contributed by atoms with E-state index in [1.807, 2.05) is 0 Å². The first-order chi connectivity index (χ1) is 12.2. The molecule has 2 aromatic rings. The summed E-state index contributed by atoms with van der Waals surface area (Å²) in [6, 6.07) is 5.40. The highest BCUT2D eigenvalue weighted by Crippen LogP contribution is 2.32. The number of carbonyl (C=O) groups is 1. The van der Waals surface area contributed by atoms with Gasteiger partial charge in [0.15, 0.2) is 0 Å². The van der Waals surface area contributed by atoms with E-state index in [0.717, 1.165) is 22.9 Å². The minimum Gasteiger partial charge on any atom is -0.383 e. The maximum atomic E-state index is 12.9. The lowest BCUT2D eigenvalue weighted by molar-refractivity contribution is -0.137. The summed E-state index contributed by atoms with van der Waals surface area (Å²) in [5, 5.41) is 6.23. The molecule has 0 fully saturated rings. The zero-order chi connectivity index (χ0) is 19.3. The summed E-state index contributed by atoms with van der Waals surface area (Å²) in [5.74, 6) is -0.751. The Balaban J connectivity index is 2.28. The van der Waals surface area contributed by atoms with Gasteiger partial charge in [-0.2, -0.15) is 18.3 Å². The molecule has 0 radical (unpaired) electrons. The Morgan fingerprint density at radius 1 is 1.31 bits per heavy atom. The molecule has 2 rings (SSSR count). The Kier molecular flexibility index (Phi) is 6.11. The van der Waals surface area contributed by atoms with Crippen molar-refractivity contribution in [2.24, 2.45) is 5.73 Å². The number of nitrogens with one attached hydrogen (secondary N) is 1. The van der Waals surface area contributed by atoms with Gasteiger partial charge in [0.05, 0.1) is 18.7 Å². The fraction of sp³-hybridized carbons (Fsp3) is 0.312. The van der Waals surface area contributed by atoms with Crippen LogP contribution in [0.1, 0.15) is 21.6 Å². The van der Waals surface area contributed by atoms with Gasteiger partial charge in [0.1, 0.15) is 5.69 Å². The van der Waals surface area contributed by atoms with E-state index in [-0.39, 0.29) is 36.6 Å². The number of carbonyl (C=O) groups excluding carboxylic acids is 1. The number of amides is 1. The molecule has 0 aliphatic heterocycles. The first-order valence-electron chi connectivity index (χ1n) is 7.54. The summed E-state index contributed by atoms with van der Waals surface area (Å²) in [4.78, 5) is 24.0. The Morgan fingerprint density at radius 2 is 2.04 bits per heavy atom. The zero-order valence-corrected chi connectivity index (χ0v) is 13.8. The van der Waals surface area contributed by atoms with Crippen LogP contribution in [-0.4, -0.2) is 29.4 Å². The highest BCUT2D eigenvalue weighted by atomic mass is 19.4. The van der Waals surface area contributed by atoms with Gasteiger partial charge in [0, 0.05) is 25.4 Å². The number of halogens is 3. The second-order valence-corrected chi connectivity index (χ2v) is 5.35. The smallest absolute Gasteiger partial charge is 0.383 e. The third-order valence-electron chi connectivity index (χ3n) is 3.42. The predicted molar refractivity (Wildman–Crippen MR) is 87.7 cm³/mol. The van der Waals surface area contributed by atoms with Gasteiger partial charge in [0.2, 0.25) is 0 Å². The van der Waals surface area contributed by atoms with Crippen LogP contribution >= 0.6 is 0 Å². The molecular weight excluding hydrogens is 353 g/mol. The molecular formula is C16H17F3N4O3. The molecule has 0 unspecified atom stereocenters. The Bertz CT molecular complexity index is 849. The molecule has 0 bridgehead atoms. The van der Waals surface area contributed by atoms with Crippen molar-refractivity contribution in [2.45, 2.75) is 19.3 Å². The first kappa shape index (κ1) is 19.6. The standard InChI is InChI=1S/C16H17F3N4O3/c1-26-5-4-23-14(24)3-2-13(22-23)15(25)21-12-7-10(9-20)6-11(8-12)16(17,18)19/h2-3,6-8H,4-5,9,20H2,1H3,(H,21,25). The van der Waals surface area contributed by atoms with Crippen molar-refractivity contribution in [3.63, 3.8) is 0 Å². The van der Waals surface area contributed by atoms with Crippen LogP contribution in [0, 0.1) is 0 Å². The maximum Gasteiger partial charge on any atom is 0.416 e. The molecule has 10 heteroatoms. The molecule has 1 amide bonds. The summed E-state index contributed by atoms with van der Waals surface area (Å²) in [6.45, 7) is 0.232. The van der Waals surface area contributed by atoms with Gasteiger partial charge in [-0.05, 0) is 29.8 Å². The molecule has 0 saturated carbocycles. The van der Waals surface area contributed by atoms with Crippen LogP contribution in [0.2, 0.25) is 0 Å². The van der Waals surface area contributed by atoms with Gasteiger partial charge in [-0.1, -0.05) is 0 Å². The number of rotatable bonds is 6. The summed E-state index contributed by atoms with van der Waals surface area (Å²) in [7, 11) is 1.45. The fourth-order valence-electron chi connectivity index (χ4n) is 2.15. The molecule has 140 valence electrons. The summed E-state index contributed by atoms with van der Waals surface area (Å²) < 4.78 is 44.7. The van der Waals surface area contributed by atoms with E-state index >= 15 is 0 Å². The highest BCUT2D eigenvalue weighted by Gasteiger charge is 2.31. The maximum absolute atomic E-state index is 12.9. The molecule has 7 nitrogen and oxygen atoms in total. The normalized spacial score (nSPS) is 11.4. The average molecular weight is 370 g/mol. The van der Waals surface area contributed by atoms with E-state index in [9.17, 15) is 22.8 Å². The van der Waals surface area contributed by atoms with Crippen LogP contribution < -0.4 is 16.6 Å². The third kappa shape index (κ3) is 4.90. The quantitative estimate of drug-likeness (QED) is 0.805. The number of methoxy groups -OCH3 is 1. The van der Waals surface area contributed by atoms with E-state index in [4.69, 9.17) is 10.5 Å². The number of anilines is 1. The second kappa shape index (κ2) is 8.11. The van der Waals surface area contributed by atoms with Crippen molar-refractivity contribution >= 4 is 11.6 Å². The van der Waals surface area contributed by atoms with Gasteiger partial charge < -0.3 is 15.8 Å². The Morgan fingerprint density at radius 3 is 2.65 bits per heavy atom. The van der Waals surface area contributed by atoms with Gasteiger partial charge in [0.25, 0.3) is 11.5 Å². The third-order valence-corrected chi connectivity index (χ3v) is 3.42. The number of nitrogens with zero attached hydrogens (tertiary/aromatic N) is 2. The lowest BCUT2D eigenvalue weighted by Gasteiger charge is -2.12. The van der Waals surface area contributed by atoms with Crippen molar-refractivity contribution in [1.82, 2.24) is 9.78 Å². The molecule has 0 atom stereocenters. The molecule has 3 N–H and O–H groups in total. The van der Waals surface area contributed by atoms with E-state index < -0.39 is 23.2 Å².